The fourth-order valence-electron chi connectivity index (χ4n) is 0.243. The van der Waals surface area contributed by atoms with E-state index >= 15 is 0 Å². The molecule has 0 heterocycles. The molecule has 0 radical (unpaired) electrons. The highest BCUT2D eigenvalue weighted by atomic mass is 32.1. The average molecular weight is 268 g/mol. The lowest BCUT2D eigenvalue weighted by Gasteiger charge is -2.11. The van der Waals surface area contributed by atoms with Gasteiger partial charge in [0.1, 0.15) is 0 Å². The number of alkyl halides is 3. The van der Waals surface area contributed by atoms with Gasteiger partial charge in [0, 0.05) is 11.5 Å². The first-order chi connectivity index (χ1) is 6.66. The SMILES string of the molecule is O=C(O)C(F)(F)F.OC(CS)C(O)CS. The van der Waals surface area contributed by atoms with Crippen LogP contribution in [0.2, 0.25) is 0 Å². The van der Waals surface area contributed by atoms with Gasteiger partial charge in [-0.25, -0.2) is 4.79 Å². The fraction of sp³-hybridized carbons (Fsp3) is 0.833. The standard InChI is InChI=1S/C4H10O2S2.C2HF3O2/c5-3(1-7)4(6)2-8;3-2(4,5)1(6)7/h3-8H,1-2H2;(H,6,7). The van der Waals surface area contributed by atoms with Crippen molar-refractivity contribution in [1.82, 2.24) is 0 Å². The van der Waals surface area contributed by atoms with Crippen LogP contribution in [0.5, 0.6) is 0 Å². The topological polar surface area (TPSA) is 77.8 Å². The van der Waals surface area contributed by atoms with Crippen LogP contribution in [0.25, 0.3) is 0 Å². The highest BCUT2D eigenvalue weighted by molar-refractivity contribution is 7.80. The minimum atomic E-state index is -5.08. The monoisotopic (exact) mass is 268 g/mol. The van der Waals surface area contributed by atoms with E-state index in [0.717, 1.165) is 0 Å². The Morgan fingerprint density at radius 1 is 1.13 bits per heavy atom. The molecule has 0 bridgehead atoms. The molecule has 0 aromatic carbocycles. The van der Waals surface area contributed by atoms with Gasteiger partial charge in [-0.05, 0) is 0 Å². The molecule has 0 saturated carbocycles. The molecule has 0 aliphatic carbocycles. The van der Waals surface area contributed by atoms with Gasteiger partial charge < -0.3 is 15.3 Å². The zero-order valence-electron chi connectivity index (χ0n) is 7.35. The van der Waals surface area contributed by atoms with Crippen molar-refractivity contribution in [3.05, 3.63) is 0 Å². The summed E-state index contributed by atoms with van der Waals surface area (Å²) in [7, 11) is 0. The zero-order chi connectivity index (χ0) is 12.6. The number of carbonyl (C=O) groups is 1. The van der Waals surface area contributed by atoms with E-state index in [-0.39, 0.29) is 11.5 Å². The lowest BCUT2D eigenvalue weighted by atomic mass is 10.3. The summed E-state index contributed by atoms with van der Waals surface area (Å²) in [6.45, 7) is 0. The number of rotatable bonds is 3. The molecule has 0 aliphatic rings. The third kappa shape index (κ3) is 10.2. The third-order valence-electron chi connectivity index (χ3n) is 1.06. The summed E-state index contributed by atoms with van der Waals surface area (Å²) in [6, 6.07) is 0. The van der Waals surface area contributed by atoms with Crippen molar-refractivity contribution in [3.63, 3.8) is 0 Å². The number of carboxylic acid groups (broad SMARTS) is 1. The number of hydrogen-bond donors (Lipinski definition) is 5. The normalized spacial score (nSPS) is 14.9. The maximum atomic E-state index is 10.6. The van der Waals surface area contributed by atoms with Gasteiger partial charge in [-0.3, -0.25) is 0 Å². The fourth-order valence-corrected chi connectivity index (χ4v) is 0.730. The third-order valence-corrected chi connectivity index (χ3v) is 1.81. The summed E-state index contributed by atoms with van der Waals surface area (Å²) in [6.07, 6.45) is -6.56. The summed E-state index contributed by atoms with van der Waals surface area (Å²) in [5.74, 6) is -2.20. The number of hydrogen-bond acceptors (Lipinski definition) is 5. The number of aliphatic hydroxyl groups excluding tert-OH is 2. The first-order valence-electron chi connectivity index (χ1n) is 3.54. The molecular formula is C6H11F3O4S2. The molecule has 9 heteroatoms. The Kier molecular flexibility index (Phi) is 9.31. The Balaban J connectivity index is 0. The molecule has 0 rings (SSSR count). The summed E-state index contributed by atoms with van der Waals surface area (Å²) in [5, 5.41) is 24.6. The van der Waals surface area contributed by atoms with E-state index in [2.05, 4.69) is 25.3 Å². The number of halogens is 3. The molecule has 0 aliphatic heterocycles. The molecule has 3 N–H and O–H groups in total. The summed E-state index contributed by atoms with van der Waals surface area (Å²) >= 11 is 7.53. The van der Waals surface area contributed by atoms with Crippen molar-refractivity contribution < 1.29 is 33.3 Å². The molecule has 4 nitrogen and oxygen atoms in total. The van der Waals surface area contributed by atoms with Crippen LogP contribution >= 0.6 is 25.3 Å². The molecule has 2 atom stereocenters. The van der Waals surface area contributed by atoms with Crippen LogP contribution in [0.1, 0.15) is 0 Å². The van der Waals surface area contributed by atoms with E-state index in [1.165, 1.54) is 0 Å². The van der Waals surface area contributed by atoms with Crippen LogP contribution < -0.4 is 0 Å². The number of aliphatic carboxylic acids is 1. The predicted octanol–water partition coefficient (Wildman–Crippen LogP) is 0.201. The van der Waals surface area contributed by atoms with Gasteiger partial charge in [-0.2, -0.15) is 38.4 Å². The first-order valence-corrected chi connectivity index (χ1v) is 4.81. The van der Waals surface area contributed by atoms with E-state index in [1.54, 1.807) is 0 Å². The highest BCUT2D eigenvalue weighted by Gasteiger charge is 2.38. The van der Waals surface area contributed by atoms with E-state index in [9.17, 15) is 13.2 Å². The molecule has 0 aromatic heterocycles. The predicted molar refractivity (Wildman–Crippen MR) is 53.4 cm³/mol. The Bertz CT molecular complexity index is 180. The molecule has 0 amide bonds. The van der Waals surface area contributed by atoms with Gasteiger partial charge in [0.05, 0.1) is 12.2 Å². The summed E-state index contributed by atoms with van der Waals surface area (Å²) < 4.78 is 31.7. The van der Waals surface area contributed by atoms with Crippen LogP contribution in [0, 0.1) is 0 Å². The molecule has 0 saturated heterocycles. The van der Waals surface area contributed by atoms with Gasteiger partial charge in [0.25, 0.3) is 0 Å². The van der Waals surface area contributed by atoms with E-state index in [1.807, 2.05) is 0 Å². The Hall–Kier alpha value is -0.120. The Labute approximate surface area is 94.9 Å². The number of carboxylic acids is 1. The number of thiol groups is 2. The van der Waals surface area contributed by atoms with E-state index in [4.69, 9.17) is 20.1 Å². The highest BCUT2D eigenvalue weighted by Crippen LogP contribution is 2.13. The van der Waals surface area contributed by atoms with Gasteiger partial charge in [0.2, 0.25) is 0 Å². The molecule has 0 fully saturated rings. The second kappa shape index (κ2) is 8.08. The molecular weight excluding hydrogens is 257 g/mol. The van der Waals surface area contributed by atoms with Crippen molar-refractivity contribution in [3.8, 4) is 0 Å². The lowest BCUT2D eigenvalue weighted by Crippen LogP contribution is -2.28. The quantitative estimate of drug-likeness (QED) is 0.474. The van der Waals surface area contributed by atoms with Crippen LogP contribution in [-0.2, 0) is 4.79 Å². The minimum absolute atomic E-state index is 0.279. The molecule has 2 unspecified atom stereocenters. The van der Waals surface area contributed by atoms with Crippen molar-refractivity contribution in [2.24, 2.45) is 0 Å². The Morgan fingerprint density at radius 2 is 1.33 bits per heavy atom. The number of aliphatic hydroxyl groups is 2. The molecule has 15 heavy (non-hydrogen) atoms. The van der Waals surface area contributed by atoms with Gasteiger partial charge >= 0.3 is 12.1 Å². The first kappa shape index (κ1) is 17.3. The zero-order valence-corrected chi connectivity index (χ0v) is 9.14. The maximum absolute atomic E-state index is 10.6. The van der Waals surface area contributed by atoms with Crippen LogP contribution in [-0.4, -0.2) is 51.2 Å². The van der Waals surface area contributed by atoms with Gasteiger partial charge in [-0.15, -0.1) is 0 Å². The summed E-state index contributed by atoms with van der Waals surface area (Å²) in [5.41, 5.74) is 0. The van der Waals surface area contributed by atoms with Gasteiger partial charge in [-0.1, -0.05) is 0 Å². The average Bonchev–Trinajstić information content (AvgIpc) is 2.14. The second-order valence-corrected chi connectivity index (χ2v) is 3.03. The lowest BCUT2D eigenvalue weighted by molar-refractivity contribution is -0.192. The van der Waals surface area contributed by atoms with Crippen molar-refractivity contribution in [2.45, 2.75) is 18.4 Å². The Morgan fingerprint density at radius 3 is 1.40 bits per heavy atom. The molecule has 92 valence electrons. The van der Waals surface area contributed by atoms with E-state index < -0.39 is 24.4 Å². The molecule has 0 aromatic rings. The summed E-state index contributed by atoms with van der Waals surface area (Å²) in [4.78, 5) is 8.90. The van der Waals surface area contributed by atoms with Gasteiger partial charge in [0.15, 0.2) is 0 Å². The smallest absolute Gasteiger partial charge is 0.475 e. The van der Waals surface area contributed by atoms with E-state index in [0.29, 0.717) is 0 Å². The van der Waals surface area contributed by atoms with Crippen molar-refractivity contribution in [2.75, 3.05) is 11.5 Å². The van der Waals surface area contributed by atoms with Crippen LogP contribution in [0.15, 0.2) is 0 Å². The largest absolute Gasteiger partial charge is 0.490 e. The van der Waals surface area contributed by atoms with Crippen LogP contribution in [0.4, 0.5) is 13.2 Å². The maximum Gasteiger partial charge on any atom is 0.490 e. The minimum Gasteiger partial charge on any atom is -0.475 e. The van der Waals surface area contributed by atoms with Crippen molar-refractivity contribution in [1.29, 1.82) is 0 Å². The molecule has 0 spiro atoms. The second-order valence-electron chi connectivity index (χ2n) is 2.30. The van der Waals surface area contributed by atoms with Crippen LogP contribution in [0.3, 0.4) is 0 Å². The van der Waals surface area contributed by atoms with Crippen molar-refractivity contribution >= 4 is 31.2 Å².